The summed E-state index contributed by atoms with van der Waals surface area (Å²) in [7, 11) is 0. The number of fused-ring (bicyclic) bond motifs is 8. The lowest BCUT2D eigenvalue weighted by molar-refractivity contribution is 1.57. The normalized spacial score (nSPS) is 11.4. The van der Waals surface area contributed by atoms with Crippen molar-refractivity contribution in [3.8, 4) is 178 Å². The molecule has 0 unspecified atom stereocenters. The molecule has 0 nitrogen and oxygen atoms in total. The van der Waals surface area contributed by atoms with Gasteiger partial charge in [-0.15, -0.1) is 0 Å². The molecule has 0 aliphatic rings. The average molecular weight is 1770 g/mol. The SMILES string of the molecule is c1ccc(-c2cc(-c3ccccc3)cc(-c3c4ccccc4c(-c4c5ccccc5c(-c5cc(-c6ccccc6)cc(-c6ccccc6)c5)c5ccccc45)c4ccccc34)c2)cc1.c1ccc(-c2cccc(-c3cc(-c4ccccc4)cc(-c4c5ccccc5c(-c5c6ccccc6c(-c6cc(-c7ccccc7)cc(-c7cccc(-c8ccccc8)c7)c6)c6ccccc56)c5ccccc45)c3)c2)cc1. The number of rotatable bonds is 16. The van der Waals surface area contributed by atoms with Crippen molar-refractivity contribution in [1.29, 1.82) is 0 Å². The Morgan fingerprint density at radius 2 is 0.150 bits per heavy atom. The highest BCUT2D eigenvalue weighted by molar-refractivity contribution is 6.33. The summed E-state index contributed by atoms with van der Waals surface area (Å²) in [5.41, 5.74) is 38.7. The fourth-order valence-electron chi connectivity index (χ4n) is 22.1. The van der Waals surface area contributed by atoms with Crippen LogP contribution >= 0.6 is 0 Å². The van der Waals surface area contributed by atoms with Crippen molar-refractivity contribution in [3.63, 3.8) is 0 Å². The highest BCUT2D eigenvalue weighted by Gasteiger charge is 2.28. The van der Waals surface area contributed by atoms with E-state index in [-0.39, 0.29) is 0 Å². The largest absolute Gasteiger partial charge is 0.0622 e. The van der Waals surface area contributed by atoms with Crippen LogP contribution in [0.3, 0.4) is 0 Å². The summed E-state index contributed by atoms with van der Waals surface area (Å²) in [6.07, 6.45) is 0. The van der Waals surface area contributed by atoms with Crippen molar-refractivity contribution in [1.82, 2.24) is 0 Å². The van der Waals surface area contributed by atoms with Gasteiger partial charge in [-0.1, -0.05) is 473 Å². The third-order valence-corrected chi connectivity index (χ3v) is 28.4. The van der Waals surface area contributed by atoms with E-state index < -0.39 is 0 Å². The standard InChI is InChI=1S/C76H50.C64H42/c1-5-23-51(24-6-1)55-31-21-33-57(43-55)61-45-59(53-27-9-3-10-28-53)47-63(49-61)73-65-35-13-17-39-69(65)75(70-40-18-14-36-66(70)73)76-71-41-19-15-37-67(71)74(68-38-16-20-42-72(68)76)64-48-60(54-29-11-4-12-30-54)46-62(50-64)58-34-22-32-56(44-58)52-25-7-2-8-26-52;1-5-21-43(22-6-1)47-37-48(44-23-7-2-8-24-44)40-51(39-47)61-53-29-13-17-33-57(53)63(58-34-18-14-30-54(58)61)64-59-35-19-15-31-55(59)62(56-32-16-20-36-60(56)64)52-41-49(45-25-9-3-10-26-45)38-50(42-52)46-27-11-4-12-28-46/h1-50H;1-42H. The minimum atomic E-state index is 1.18. The Kier molecular flexibility index (Phi) is 21.8. The molecular weight excluding hydrogens is 1680 g/mol. The van der Waals surface area contributed by atoms with Gasteiger partial charge in [0.25, 0.3) is 0 Å². The van der Waals surface area contributed by atoms with Gasteiger partial charge >= 0.3 is 0 Å². The van der Waals surface area contributed by atoms with Crippen molar-refractivity contribution in [2.75, 3.05) is 0 Å². The molecule has 0 aliphatic carbocycles. The van der Waals surface area contributed by atoms with Gasteiger partial charge in [0.2, 0.25) is 0 Å². The summed E-state index contributed by atoms with van der Waals surface area (Å²) in [5, 5.41) is 19.7. The van der Waals surface area contributed by atoms with Gasteiger partial charge in [-0.3, -0.25) is 0 Å². The minimum absolute atomic E-state index is 1.18. The third kappa shape index (κ3) is 15.5. The van der Waals surface area contributed by atoms with Crippen LogP contribution in [-0.4, -0.2) is 0 Å². The molecule has 0 N–H and O–H groups in total. The second-order valence-electron chi connectivity index (χ2n) is 36.7. The first-order chi connectivity index (χ1) is 69.5. The molecule has 26 aromatic carbocycles. The fraction of sp³-hybridized carbons (Fsp3) is 0. The molecule has 0 spiro atoms. The second-order valence-corrected chi connectivity index (χ2v) is 36.7. The van der Waals surface area contributed by atoms with Crippen molar-refractivity contribution < 1.29 is 0 Å². The van der Waals surface area contributed by atoms with Crippen LogP contribution in [0.15, 0.2) is 558 Å². The van der Waals surface area contributed by atoms with Crippen LogP contribution in [0.25, 0.3) is 264 Å². The van der Waals surface area contributed by atoms with Gasteiger partial charge in [-0.2, -0.15) is 0 Å². The Bertz CT molecular complexity index is 8350. The van der Waals surface area contributed by atoms with Crippen molar-refractivity contribution in [2.24, 2.45) is 0 Å². The zero-order chi connectivity index (χ0) is 92.8. The summed E-state index contributed by atoms with van der Waals surface area (Å²) in [6, 6.07) is 206. The zero-order valence-corrected chi connectivity index (χ0v) is 77.1. The molecule has 0 bridgehead atoms. The van der Waals surface area contributed by atoms with E-state index in [0.717, 1.165) is 0 Å². The lowest BCUT2D eigenvalue weighted by atomic mass is 9.80. The minimum Gasteiger partial charge on any atom is -0.0622 e. The number of hydrogen-bond acceptors (Lipinski definition) is 0. The van der Waals surface area contributed by atoms with E-state index >= 15 is 0 Å². The van der Waals surface area contributed by atoms with Gasteiger partial charge in [0.15, 0.2) is 0 Å². The van der Waals surface area contributed by atoms with Crippen LogP contribution in [0.5, 0.6) is 0 Å². The van der Waals surface area contributed by atoms with Crippen LogP contribution in [-0.2, 0) is 0 Å². The second kappa shape index (κ2) is 36.5. The molecule has 26 rings (SSSR count). The lowest BCUT2D eigenvalue weighted by Gasteiger charge is -2.23. The smallest absolute Gasteiger partial charge is 0.00139 e. The Morgan fingerprint density at radius 3 is 0.300 bits per heavy atom. The van der Waals surface area contributed by atoms with Gasteiger partial charge in [-0.25, -0.2) is 0 Å². The van der Waals surface area contributed by atoms with Crippen LogP contribution in [0.4, 0.5) is 0 Å². The summed E-state index contributed by atoms with van der Waals surface area (Å²) < 4.78 is 0. The first kappa shape index (κ1) is 83.6. The molecule has 0 amide bonds. The molecule has 0 aliphatic heterocycles. The van der Waals surface area contributed by atoms with Crippen molar-refractivity contribution in [3.05, 3.63) is 558 Å². The number of benzene rings is 26. The van der Waals surface area contributed by atoms with Crippen molar-refractivity contribution >= 4 is 86.2 Å². The average Bonchev–Trinajstić information content (AvgIpc) is 0.710. The first-order valence-corrected chi connectivity index (χ1v) is 48.5. The molecule has 0 heterocycles. The third-order valence-electron chi connectivity index (χ3n) is 28.4. The zero-order valence-electron chi connectivity index (χ0n) is 77.1. The predicted molar refractivity (Wildman–Crippen MR) is 600 cm³/mol. The molecule has 26 aromatic rings. The quantitative estimate of drug-likeness (QED) is 0.0846. The molecule has 0 saturated carbocycles. The van der Waals surface area contributed by atoms with Crippen LogP contribution < -0.4 is 0 Å². The first-order valence-electron chi connectivity index (χ1n) is 48.5. The summed E-state index contributed by atoms with van der Waals surface area (Å²) >= 11 is 0. The molecule has 0 radical (unpaired) electrons. The fourth-order valence-corrected chi connectivity index (χ4v) is 22.1. The van der Waals surface area contributed by atoms with E-state index in [4.69, 9.17) is 0 Å². The monoisotopic (exact) mass is 1770 g/mol. The molecule has 140 heavy (non-hydrogen) atoms. The van der Waals surface area contributed by atoms with Gasteiger partial charge < -0.3 is 0 Å². The molecule has 0 aromatic heterocycles. The van der Waals surface area contributed by atoms with Gasteiger partial charge in [-0.05, 0) is 349 Å². The van der Waals surface area contributed by atoms with E-state index in [2.05, 4.69) is 558 Å². The van der Waals surface area contributed by atoms with Gasteiger partial charge in [0, 0.05) is 0 Å². The van der Waals surface area contributed by atoms with Crippen LogP contribution in [0.1, 0.15) is 0 Å². The highest BCUT2D eigenvalue weighted by Crippen LogP contribution is 2.55. The number of hydrogen-bond donors (Lipinski definition) is 0. The topological polar surface area (TPSA) is 0 Å². The maximum atomic E-state index is 2.42. The molecule has 0 saturated heterocycles. The molecule has 0 atom stereocenters. The highest BCUT2D eigenvalue weighted by atomic mass is 14.3. The Balaban J connectivity index is 0.000000150. The maximum absolute atomic E-state index is 2.42. The summed E-state index contributed by atoms with van der Waals surface area (Å²) in [4.78, 5) is 0. The summed E-state index contributed by atoms with van der Waals surface area (Å²) in [5.74, 6) is 0. The van der Waals surface area contributed by atoms with Crippen LogP contribution in [0.2, 0.25) is 0 Å². The lowest BCUT2D eigenvalue weighted by Crippen LogP contribution is -1.95. The van der Waals surface area contributed by atoms with E-state index in [9.17, 15) is 0 Å². The molecule has 652 valence electrons. The van der Waals surface area contributed by atoms with Crippen molar-refractivity contribution in [2.45, 2.75) is 0 Å². The van der Waals surface area contributed by atoms with Gasteiger partial charge in [0.1, 0.15) is 0 Å². The van der Waals surface area contributed by atoms with Gasteiger partial charge in [0.05, 0.1) is 0 Å². The van der Waals surface area contributed by atoms with E-state index in [1.165, 1.54) is 264 Å². The molecule has 0 heteroatoms. The Hall–Kier alpha value is -18.2. The van der Waals surface area contributed by atoms with E-state index in [0.29, 0.717) is 0 Å². The maximum Gasteiger partial charge on any atom is -0.00139 e. The Morgan fingerprint density at radius 1 is 0.0571 bits per heavy atom. The van der Waals surface area contributed by atoms with E-state index in [1.807, 2.05) is 0 Å². The Labute approximate surface area is 816 Å². The molecular formula is C140H92. The van der Waals surface area contributed by atoms with E-state index in [1.54, 1.807) is 0 Å². The summed E-state index contributed by atoms with van der Waals surface area (Å²) in [6.45, 7) is 0. The predicted octanol–water partition coefficient (Wildman–Crippen LogP) is 39.3. The molecule has 0 fully saturated rings. The van der Waals surface area contributed by atoms with Crippen LogP contribution in [0, 0.1) is 0 Å².